The summed E-state index contributed by atoms with van der Waals surface area (Å²) in [5.74, 6) is 0.203. The molecule has 1 aromatic heterocycles. The van der Waals surface area contributed by atoms with Crippen LogP contribution in [0.1, 0.15) is 41.1 Å². The first-order chi connectivity index (χ1) is 16.5. The molecule has 0 radical (unpaired) electrons. The number of halogens is 2. The van der Waals surface area contributed by atoms with Crippen LogP contribution < -0.4 is 10.2 Å². The zero-order valence-corrected chi connectivity index (χ0v) is 20.9. The van der Waals surface area contributed by atoms with Gasteiger partial charge in [0, 0.05) is 38.6 Å². The molecule has 1 unspecified atom stereocenters. The van der Waals surface area contributed by atoms with Crippen molar-refractivity contribution in [3.05, 3.63) is 82.0 Å². The topological polar surface area (TPSA) is 61.6 Å². The molecule has 1 saturated heterocycles. The van der Waals surface area contributed by atoms with E-state index in [0.717, 1.165) is 51.3 Å². The molecule has 3 aromatic rings. The van der Waals surface area contributed by atoms with Gasteiger partial charge in [-0.15, -0.1) is 0 Å². The van der Waals surface area contributed by atoms with Gasteiger partial charge in [-0.3, -0.25) is 9.69 Å². The Morgan fingerprint density at radius 3 is 2.62 bits per heavy atom. The molecule has 1 fully saturated rings. The minimum atomic E-state index is -0.201. The van der Waals surface area contributed by atoms with Crippen molar-refractivity contribution in [3.8, 4) is 0 Å². The summed E-state index contributed by atoms with van der Waals surface area (Å²) in [6, 6.07) is 16.0. The van der Waals surface area contributed by atoms with Crippen LogP contribution in [0.25, 0.3) is 0 Å². The number of hydrogen-bond donors (Lipinski definition) is 1. The van der Waals surface area contributed by atoms with E-state index in [-0.39, 0.29) is 11.8 Å². The summed E-state index contributed by atoms with van der Waals surface area (Å²) in [6.45, 7) is 7.26. The highest BCUT2D eigenvalue weighted by Crippen LogP contribution is 2.32. The van der Waals surface area contributed by atoms with E-state index >= 15 is 0 Å². The number of rotatable bonds is 9. The van der Waals surface area contributed by atoms with Crippen LogP contribution in [0.2, 0.25) is 10.0 Å². The highest BCUT2D eigenvalue weighted by molar-refractivity contribution is 6.43. The average molecular weight is 501 g/mol. The van der Waals surface area contributed by atoms with E-state index < -0.39 is 0 Å². The van der Waals surface area contributed by atoms with Crippen molar-refractivity contribution in [2.75, 3.05) is 44.2 Å². The Balaban J connectivity index is 1.20. The van der Waals surface area contributed by atoms with Gasteiger partial charge in [-0.05, 0) is 37.1 Å². The summed E-state index contributed by atoms with van der Waals surface area (Å²) in [5, 5.41) is 4.19. The molecule has 1 N–H and O–H groups in total. The van der Waals surface area contributed by atoms with Gasteiger partial charge in [0.15, 0.2) is 6.39 Å². The SMILES string of the molecule is CC(Cc1ccccc1)c1ncoc1C(=O)NCCCN1CCN(c2cccc(Cl)c2Cl)CC1. The lowest BCUT2D eigenvalue weighted by molar-refractivity contribution is 0.0922. The lowest BCUT2D eigenvalue weighted by atomic mass is 9.97. The maximum atomic E-state index is 12.7. The normalized spacial score (nSPS) is 15.3. The van der Waals surface area contributed by atoms with Crippen molar-refractivity contribution in [2.24, 2.45) is 0 Å². The first kappa shape index (κ1) is 24.6. The van der Waals surface area contributed by atoms with E-state index in [2.05, 4.69) is 39.2 Å². The molecule has 2 heterocycles. The molecule has 180 valence electrons. The van der Waals surface area contributed by atoms with Gasteiger partial charge in [-0.2, -0.15) is 0 Å². The third-order valence-corrected chi connectivity index (χ3v) is 7.04. The fourth-order valence-electron chi connectivity index (χ4n) is 4.37. The first-order valence-electron chi connectivity index (χ1n) is 11.7. The lowest BCUT2D eigenvalue weighted by Crippen LogP contribution is -2.47. The van der Waals surface area contributed by atoms with Crippen molar-refractivity contribution >= 4 is 34.8 Å². The van der Waals surface area contributed by atoms with Gasteiger partial charge >= 0.3 is 0 Å². The van der Waals surface area contributed by atoms with Crippen LogP contribution in [-0.4, -0.2) is 55.1 Å². The summed E-state index contributed by atoms with van der Waals surface area (Å²) in [5.41, 5.74) is 2.91. The van der Waals surface area contributed by atoms with Crippen LogP contribution in [0, 0.1) is 0 Å². The van der Waals surface area contributed by atoms with Crippen LogP contribution in [-0.2, 0) is 6.42 Å². The minimum Gasteiger partial charge on any atom is -0.438 e. The number of oxazole rings is 1. The number of benzene rings is 2. The van der Waals surface area contributed by atoms with Crippen LogP contribution in [0.15, 0.2) is 59.3 Å². The molecule has 1 atom stereocenters. The number of carbonyl (C=O) groups excluding carboxylic acids is 1. The van der Waals surface area contributed by atoms with Gasteiger partial charge in [0.2, 0.25) is 5.76 Å². The van der Waals surface area contributed by atoms with Crippen LogP contribution in [0.5, 0.6) is 0 Å². The van der Waals surface area contributed by atoms with E-state index in [4.69, 9.17) is 27.6 Å². The minimum absolute atomic E-state index is 0.0891. The van der Waals surface area contributed by atoms with Crippen molar-refractivity contribution < 1.29 is 9.21 Å². The highest BCUT2D eigenvalue weighted by Gasteiger charge is 2.22. The standard InChI is InChI=1S/C26H30Cl2N4O2/c1-19(17-20-7-3-2-4-8-20)24-25(34-18-30-24)26(33)29-11-6-12-31-13-15-32(16-14-31)22-10-5-9-21(27)23(22)28/h2-5,7-10,18-19H,6,11-17H2,1H3,(H,29,33). The van der Waals surface area contributed by atoms with E-state index in [1.54, 1.807) is 0 Å². The highest BCUT2D eigenvalue weighted by atomic mass is 35.5. The summed E-state index contributed by atoms with van der Waals surface area (Å²) in [4.78, 5) is 21.7. The molecule has 0 bridgehead atoms. The van der Waals surface area contributed by atoms with Crippen LogP contribution >= 0.6 is 23.2 Å². The van der Waals surface area contributed by atoms with Crippen LogP contribution in [0.4, 0.5) is 5.69 Å². The summed E-state index contributed by atoms with van der Waals surface area (Å²) < 4.78 is 5.44. The molecule has 0 saturated carbocycles. The van der Waals surface area contributed by atoms with E-state index in [9.17, 15) is 4.79 Å². The molecule has 8 heteroatoms. The van der Waals surface area contributed by atoms with Gasteiger partial charge < -0.3 is 14.6 Å². The van der Waals surface area contributed by atoms with Crippen molar-refractivity contribution in [1.82, 2.24) is 15.2 Å². The Morgan fingerprint density at radius 2 is 1.85 bits per heavy atom. The Morgan fingerprint density at radius 1 is 1.09 bits per heavy atom. The lowest BCUT2D eigenvalue weighted by Gasteiger charge is -2.36. The number of nitrogens with one attached hydrogen (secondary N) is 1. The smallest absolute Gasteiger partial charge is 0.289 e. The van der Waals surface area contributed by atoms with Gasteiger partial charge in [-0.1, -0.05) is 66.5 Å². The van der Waals surface area contributed by atoms with E-state index in [0.29, 0.717) is 28.0 Å². The fourth-order valence-corrected chi connectivity index (χ4v) is 4.79. The zero-order valence-electron chi connectivity index (χ0n) is 19.3. The number of nitrogens with zero attached hydrogens (tertiary/aromatic N) is 3. The molecular formula is C26H30Cl2N4O2. The molecule has 0 aliphatic carbocycles. The molecule has 2 aromatic carbocycles. The van der Waals surface area contributed by atoms with Crippen molar-refractivity contribution in [3.63, 3.8) is 0 Å². The third-order valence-electron chi connectivity index (χ3n) is 6.23. The summed E-state index contributed by atoms with van der Waals surface area (Å²) >= 11 is 12.5. The average Bonchev–Trinajstić information content (AvgIpc) is 3.35. The maximum Gasteiger partial charge on any atom is 0.289 e. The van der Waals surface area contributed by atoms with E-state index in [1.807, 2.05) is 36.4 Å². The fraction of sp³-hybridized carbons (Fsp3) is 0.385. The predicted octanol–water partition coefficient (Wildman–Crippen LogP) is 5.27. The molecule has 34 heavy (non-hydrogen) atoms. The molecule has 4 rings (SSSR count). The van der Waals surface area contributed by atoms with Crippen molar-refractivity contribution in [1.29, 1.82) is 0 Å². The van der Waals surface area contributed by atoms with Gasteiger partial charge in [0.1, 0.15) is 0 Å². The number of anilines is 1. The second kappa shape index (κ2) is 11.7. The largest absolute Gasteiger partial charge is 0.438 e. The second-order valence-corrected chi connectivity index (χ2v) is 9.45. The number of carbonyl (C=O) groups is 1. The second-order valence-electron chi connectivity index (χ2n) is 8.67. The number of piperazine rings is 1. The maximum absolute atomic E-state index is 12.7. The van der Waals surface area contributed by atoms with Crippen molar-refractivity contribution in [2.45, 2.75) is 25.7 Å². The predicted molar refractivity (Wildman–Crippen MR) is 137 cm³/mol. The Hall–Kier alpha value is -2.54. The molecular weight excluding hydrogens is 471 g/mol. The van der Waals surface area contributed by atoms with E-state index in [1.165, 1.54) is 12.0 Å². The number of amides is 1. The molecule has 1 aliphatic heterocycles. The Kier molecular flexibility index (Phi) is 8.48. The Labute approximate surface area is 210 Å². The van der Waals surface area contributed by atoms with Gasteiger partial charge in [0.25, 0.3) is 5.91 Å². The third kappa shape index (κ3) is 6.12. The molecule has 0 spiro atoms. The van der Waals surface area contributed by atoms with Crippen LogP contribution in [0.3, 0.4) is 0 Å². The quantitative estimate of drug-likeness (QED) is 0.405. The summed E-state index contributed by atoms with van der Waals surface area (Å²) in [7, 11) is 0. The van der Waals surface area contributed by atoms with Gasteiger partial charge in [-0.25, -0.2) is 4.98 Å². The number of aromatic nitrogens is 1. The number of hydrogen-bond acceptors (Lipinski definition) is 5. The molecule has 1 aliphatic rings. The van der Waals surface area contributed by atoms with Gasteiger partial charge in [0.05, 0.1) is 21.4 Å². The monoisotopic (exact) mass is 500 g/mol. The molecule has 6 nitrogen and oxygen atoms in total. The Bertz CT molecular complexity index is 1080. The molecule has 1 amide bonds. The zero-order chi connectivity index (χ0) is 23.9. The first-order valence-corrected chi connectivity index (χ1v) is 12.5. The summed E-state index contributed by atoms with van der Waals surface area (Å²) in [6.07, 6.45) is 3.03.